The third-order valence-corrected chi connectivity index (χ3v) is 1.87. The minimum atomic E-state index is -4.30. The smallest absolute Gasteiger partial charge is 0.197 e. The molecule has 0 aliphatic heterocycles. The summed E-state index contributed by atoms with van der Waals surface area (Å²) in [6, 6.07) is 3.25. The fourth-order valence-electron chi connectivity index (χ4n) is 0.827. The van der Waals surface area contributed by atoms with Crippen LogP contribution in [0.1, 0.15) is 26.2 Å². The largest absolute Gasteiger partial charge is 0.389 e. The zero-order chi connectivity index (χ0) is 10.5. The maximum absolute atomic E-state index is 11.8. The van der Waals surface area contributed by atoms with E-state index in [-0.39, 0.29) is 6.42 Å². The lowest BCUT2D eigenvalue weighted by Crippen LogP contribution is -2.19. The molecule has 0 atom stereocenters. The average Bonchev–Trinajstić information content (AvgIpc) is 2.06. The minimum Gasteiger partial charge on any atom is -0.197 e. The molecule has 0 fully saturated rings. The quantitative estimate of drug-likeness (QED) is 0.686. The van der Waals surface area contributed by atoms with Gasteiger partial charge in [0, 0.05) is 6.42 Å². The van der Waals surface area contributed by atoms with E-state index in [9.17, 15) is 13.2 Å². The topological polar surface area (TPSA) is 47.6 Å². The predicted octanol–water partition coefficient (Wildman–Crippen LogP) is 2.77. The molecular weight excluding hydrogens is 181 g/mol. The van der Waals surface area contributed by atoms with Crippen LogP contribution in [0.15, 0.2) is 0 Å². The van der Waals surface area contributed by atoms with Crippen LogP contribution in [-0.2, 0) is 0 Å². The predicted molar refractivity (Wildman–Crippen MR) is 39.2 cm³/mol. The van der Waals surface area contributed by atoms with Crippen molar-refractivity contribution in [3.63, 3.8) is 0 Å². The van der Waals surface area contributed by atoms with Crippen LogP contribution in [0.3, 0.4) is 0 Å². The molecule has 0 N–H and O–H groups in total. The molecule has 0 amide bonds. The highest BCUT2D eigenvalue weighted by molar-refractivity contribution is 5.12. The molecule has 13 heavy (non-hydrogen) atoms. The first-order valence-corrected chi connectivity index (χ1v) is 3.78. The monoisotopic (exact) mass is 190 g/mol. The normalized spacial score (nSPS) is 11.8. The summed E-state index contributed by atoms with van der Waals surface area (Å²) in [7, 11) is 0. The molecule has 0 aliphatic rings. The second-order valence-corrected chi connectivity index (χ2v) is 2.77. The van der Waals surface area contributed by atoms with Crippen molar-refractivity contribution in [2.24, 2.45) is 5.41 Å². The van der Waals surface area contributed by atoms with Crippen LogP contribution < -0.4 is 0 Å². The molecule has 2 nitrogen and oxygen atoms in total. The van der Waals surface area contributed by atoms with Crippen LogP contribution in [-0.4, -0.2) is 6.18 Å². The number of rotatable bonds is 3. The van der Waals surface area contributed by atoms with E-state index in [1.54, 1.807) is 12.1 Å². The summed E-state index contributed by atoms with van der Waals surface area (Å²) in [6.45, 7) is 1.53. The van der Waals surface area contributed by atoms with Gasteiger partial charge >= 0.3 is 6.18 Å². The van der Waals surface area contributed by atoms with E-state index in [1.807, 2.05) is 0 Å². The summed E-state index contributed by atoms with van der Waals surface area (Å²) in [6.07, 6.45) is -5.70. The van der Waals surface area contributed by atoms with Crippen molar-refractivity contribution in [3.05, 3.63) is 0 Å². The number of halogens is 3. The van der Waals surface area contributed by atoms with E-state index < -0.39 is 24.4 Å². The Labute approximate surface area is 74.6 Å². The van der Waals surface area contributed by atoms with Gasteiger partial charge in [0.1, 0.15) is 5.41 Å². The Morgan fingerprint density at radius 2 is 1.54 bits per heavy atom. The summed E-state index contributed by atoms with van der Waals surface area (Å²) >= 11 is 0. The fourth-order valence-corrected chi connectivity index (χ4v) is 0.827. The number of hydrogen-bond donors (Lipinski definition) is 0. The molecule has 0 aromatic rings. The van der Waals surface area contributed by atoms with E-state index in [0.717, 1.165) is 0 Å². The van der Waals surface area contributed by atoms with Crippen LogP contribution in [0.2, 0.25) is 0 Å². The Balaban J connectivity index is 4.33. The van der Waals surface area contributed by atoms with Crippen molar-refractivity contribution >= 4 is 0 Å². The second-order valence-electron chi connectivity index (χ2n) is 2.77. The van der Waals surface area contributed by atoms with Gasteiger partial charge in [0.25, 0.3) is 0 Å². The first-order chi connectivity index (χ1) is 5.89. The molecule has 0 heterocycles. The Morgan fingerprint density at radius 1 is 1.08 bits per heavy atom. The molecule has 0 spiro atoms. The van der Waals surface area contributed by atoms with Gasteiger partial charge in [0.05, 0.1) is 12.1 Å². The van der Waals surface area contributed by atoms with Crippen LogP contribution >= 0.6 is 0 Å². The third-order valence-electron chi connectivity index (χ3n) is 1.87. The maximum atomic E-state index is 11.8. The van der Waals surface area contributed by atoms with Crippen molar-refractivity contribution < 1.29 is 13.2 Å². The molecule has 0 saturated carbocycles. The lowest BCUT2D eigenvalue weighted by molar-refractivity contribution is -0.138. The van der Waals surface area contributed by atoms with Gasteiger partial charge in [0.15, 0.2) is 0 Å². The van der Waals surface area contributed by atoms with Gasteiger partial charge in [-0.25, -0.2) is 0 Å². The molecule has 0 rings (SSSR count). The summed E-state index contributed by atoms with van der Waals surface area (Å²) in [4.78, 5) is 0. The molecule has 0 aromatic heterocycles. The molecule has 0 aromatic carbocycles. The molecule has 0 saturated heterocycles. The lowest BCUT2D eigenvalue weighted by atomic mass is 9.84. The Kier molecular flexibility index (Phi) is 3.74. The number of nitriles is 2. The number of nitrogens with zero attached hydrogens (tertiary/aromatic N) is 2. The zero-order valence-electron chi connectivity index (χ0n) is 7.15. The van der Waals surface area contributed by atoms with Gasteiger partial charge in [-0.3, -0.25) is 0 Å². The number of alkyl halides is 3. The molecule has 0 aliphatic carbocycles. The van der Waals surface area contributed by atoms with Gasteiger partial charge in [0.2, 0.25) is 0 Å². The molecular formula is C8H9F3N2. The summed E-state index contributed by atoms with van der Waals surface area (Å²) in [5, 5.41) is 17.1. The lowest BCUT2D eigenvalue weighted by Gasteiger charge is -2.16. The highest BCUT2D eigenvalue weighted by atomic mass is 19.4. The van der Waals surface area contributed by atoms with E-state index in [4.69, 9.17) is 10.5 Å². The van der Waals surface area contributed by atoms with Crippen LogP contribution in [0.25, 0.3) is 0 Å². The average molecular weight is 190 g/mol. The third kappa shape index (κ3) is 3.80. The van der Waals surface area contributed by atoms with E-state index in [2.05, 4.69) is 0 Å². The van der Waals surface area contributed by atoms with Crippen LogP contribution in [0.5, 0.6) is 0 Å². The molecule has 0 unspecified atom stereocenters. The van der Waals surface area contributed by atoms with Gasteiger partial charge in [-0.05, 0) is 12.8 Å². The van der Waals surface area contributed by atoms with Crippen molar-refractivity contribution in [3.8, 4) is 12.1 Å². The minimum absolute atomic E-state index is 0.121. The van der Waals surface area contributed by atoms with Crippen molar-refractivity contribution in [2.45, 2.75) is 32.4 Å². The van der Waals surface area contributed by atoms with Gasteiger partial charge < -0.3 is 0 Å². The second kappa shape index (κ2) is 4.13. The van der Waals surface area contributed by atoms with Crippen molar-refractivity contribution in [1.29, 1.82) is 10.5 Å². The van der Waals surface area contributed by atoms with Crippen LogP contribution in [0, 0.1) is 28.1 Å². The zero-order valence-corrected chi connectivity index (χ0v) is 7.15. The highest BCUT2D eigenvalue weighted by Crippen LogP contribution is 2.32. The first-order valence-electron chi connectivity index (χ1n) is 3.78. The fraction of sp³-hybridized carbons (Fsp3) is 0.750. The standard InChI is InChI=1S/C8H9F3N2/c1-2-7(5-12,6-13)3-4-8(9,10)11/h2-4H2,1H3. The van der Waals surface area contributed by atoms with Crippen molar-refractivity contribution in [1.82, 2.24) is 0 Å². The maximum Gasteiger partial charge on any atom is 0.389 e. The summed E-state index contributed by atoms with van der Waals surface area (Å²) in [5.41, 5.74) is -1.48. The van der Waals surface area contributed by atoms with E-state index in [0.29, 0.717) is 0 Å². The summed E-state index contributed by atoms with van der Waals surface area (Å²) < 4.78 is 35.3. The molecule has 0 radical (unpaired) electrons. The Morgan fingerprint density at radius 3 is 1.77 bits per heavy atom. The SMILES string of the molecule is CCC(C#N)(C#N)CCC(F)(F)F. The summed E-state index contributed by atoms with van der Waals surface area (Å²) in [5.74, 6) is 0. The van der Waals surface area contributed by atoms with Gasteiger partial charge in [-0.15, -0.1) is 0 Å². The van der Waals surface area contributed by atoms with E-state index in [1.165, 1.54) is 6.92 Å². The molecule has 5 heteroatoms. The number of hydrogen-bond acceptors (Lipinski definition) is 2. The van der Waals surface area contributed by atoms with Crippen LogP contribution in [0.4, 0.5) is 13.2 Å². The first kappa shape index (κ1) is 11.8. The van der Waals surface area contributed by atoms with Crippen molar-refractivity contribution in [2.75, 3.05) is 0 Å². The molecule has 72 valence electrons. The van der Waals surface area contributed by atoms with E-state index >= 15 is 0 Å². The Hall–Kier alpha value is -1.23. The molecule has 0 bridgehead atoms. The highest BCUT2D eigenvalue weighted by Gasteiger charge is 2.35. The Bertz CT molecular complexity index is 230. The van der Waals surface area contributed by atoms with Gasteiger partial charge in [-0.1, -0.05) is 6.92 Å². The van der Waals surface area contributed by atoms with Gasteiger partial charge in [-0.2, -0.15) is 23.7 Å².